The minimum Gasteiger partial charge on any atom is -0.480 e. The van der Waals surface area contributed by atoms with Crippen LogP contribution >= 0.6 is 11.3 Å². The molecule has 0 aliphatic rings. The summed E-state index contributed by atoms with van der Waals surface area (Å²) in [5, 5.41) is 31.5. The van der Waals surface area contributed by atoms with E-state index in [1.807, 2.05) is 26.0 Å². The molecule has 3 aromatic heterocycles. The van der Waals surface area contributed by atoms with Crippen LogP contribution in [0.1, 0.15) is 13.8 Å². The first-order valence-electron chi connectivity index (χ1n) is 8.13. The number of aromatic nitrogens is 3. The molecule has 0 spiro atoms. The molecule has 3 aromatic rings. The number of carboxylic acid groups (broad SMARTS) is 1. The van der Waals surface area contributed by atoms with Crippen LogP contribution in [0.3, 0.4) is 0 Å². The molecule has 0 aliphatic carbocycles. The van der Waals surface area contributed by atoms with Gasteiger partial charge in [0.2, 0.25) is 0 Å². The summed E-state index contributed by atoms with van der Waals surface area (Å²) in [5.74, 6) is -0.468. The Morgan fingerprint density at radius 1 is 1.35 bits per heavy atom. The molecule has 0 saturated heterocycles. The number of aliphatic carboxylic acids is 1. The van der Waals surface area contributed by atoms with Gasteiger partial charge < -0.3 is 20.8 Å². The van der Waals surface area contributed by atoms with E-state index in [-0.39, 0.29) is 18.6 Å². The molecule has 3 heterocycles. The lowest BCUT2D eigenvalue weighted by molar-refractivity contribution is -0.134. The second-order valence-corrected chi connectivity index (χ2v) is 7.83. The fourth-order valence-electron chi connectivity index (χ4n) is 2.33. The molecule has 5 N–H and O–H groups in total. The van der Waals surface area contributed by atoms with Crippen molar-refractivity contribution in [2.24, 2.45) is 5.41 Å². The molecule has 0 amide bonds. The van der Waals surface area contributed by atoms with Crippen LogP contribution in [0.25, 0.3) is 20.8 Å². The number of aromatic amines is 1. The number of hydrogen-bond acceptors (Lipinski definition) is 7. The van der Waals surface area contributed by atoms with Gasteiger partial charge in [-0.1, -0.05) is 13.8 Å². The van der Waals surface area contributed by atoms with E-state index in [1.54, 1.807) is 23.6 Å². The third kappa shape index (κ3) is 4.12. The zero-order valence-electron chi connectivity index (χ0n) is 14.5. The topological polar surface area (TPSA) is 123 Å². The van der Waals surface area contributed by atoms with Gasteiger partial charge in [-0.05, 0) is 12.1 Å². The van der Waals surface area contributed by atoms with Crippen LogP contribution < -0.4 is 10.6 Å². The summed E-state index contributed by atoms with van der Waals surface area (Å²) in [4.78, 5) is 16.3. The van der Waals surface area contributed by atoms with Crippen molar-refractivity contribution in [2.45, 2.75) is 13.8 Å². The summed E-state index contributed by atoms with van der Waals surface area (Å²) in [6.07, 6.45) is 1.69. The van der Waals surface area contributed by atoms with Crippen molar-refractivity contribution in [3.63, 3.8) is 0 Å². The maximum absolute atomic E-state index is 10.8. The van der Waals surface area contributed by atoms with Gasteiger partial charge >= 0.3 is 5.97 Å². The van der Waals surface area contributed by atoms with E-state index >= 15 is 0 Å². The lowest BCUT2D eigenvalue weighted by atomic mass is 9.95. The van der Waals surface area contributed by atoms with Gasteiger partial charge in [-0.3, -0.25) is 9.89 Å². The first-order valence-corrected chi connectivity index (χ1v) is 8.94. The van der Waals surface area contributed by atoms with Gasteiger partial charge in [-0.2, -0.15) is 5.10 Å². The van der Waals surface area contributed by atoms with Crippen molar-refractivity contribution in [1.82, 2.24) is 15.2 Å². The molecule has 138 valence electrons. The van der Waals surface area contributed by atoms with Gasteiger partial charge in [0.05, 0.1) is 26.5 Å². The molecule has 0 saturated carbocycles. The molecule has 0 atom stereocenters. The zero-order chi connectivity index (χ0) is 18.7. The average molecular weight is 375 g/mol. The molecule has 0 bridgehead atoms. The van der Waals surface area contributed by atoms with Crippen molar-refractivity contribution in [3.8, 4) is 10.6 Å². The molecule has 3 rings (SSSR count). The number of nitrogens with zero attached hydrogens (tertiary/aromatic N) is 2. The third-order valence-corrected chi connectivity index (χ3v) is 5.04. The lowest BCUT2D eigenvalue weighted by Gasteiger charge is -2.23. The monoisotopic (exact) mass is 375 g/mol. The summed E-state index contributed by atoms with van der Waals surface area (Å²) < 4.78 is 0.962. The SMILES string of the molecule is CC(C)(CO)CNc1cc(NCC(=O)O)nc2cc(-c3ccn[nH]3)sc12. The van der Waals surface area contributed by atoms with Gasteiger partial charge in [-0.15, -0.1) is 11.3 Å². The van der Waals surface area contributed by atoms with E-state index in [1.165, 1.54) is 0 Å². The molecule has 9 heteroatoms. The second kappa shape index (κ2) is 7.30. The molecule has 0 aromatic carbocycles. The highest BCUT2D eigenvalue weighted by Crippen LogP contribution is 2.37. The van der Waals surface area contributed by atoms with Crippen LogP contribution in [0.5, 0.6) is 0 Å². The molecule has 8 nitrogen and oxygen atoms in total. The van der Waals surface area contributed by atoms with Crippen molar-refractivity contribution < 1.29 is 15.0 Å². The van der Waals surface area contributed by atoms with Gasteiger partial charge in [0.15, 0.2) is 0 Å². The Hall–Kier alpha value is -2.65. The Labute approximate surface area is 154 Å². The Kier molecular flexibility index (Phi) is 5.10. The Balaban J connectivity index is 1.98. The number of carbonyl (C=O) groups is 1. The summed E-state index contributed by atoms with van der Waals surface area (Å²) >= 11 is 1.57. The normalized spacial score (nSPS) is 11.7. The van der Waals surface area contributed by atoms with Crippen LogP contribution in [-0.4, -0.2) is 51.1 Å². The minimum atomic E-state index is -0.953. The zero-order valence-corrected chi connectivity index (χ0v) is 15.4. The summed E-state index contributed by atoms with van der Waals surface area (Å²) in [5.41, 5.74) is 2.22. The summed E-state index contributed by atoms with van der Waals surface area (Å²) in [6.45, 7) is 4.34. The number of carboxylic acids is 1. The number of aliphatic hydroxyl groups excluding tert-OH is 1. The van der Waals surface area contributed by atoms with Gasteiger partial charge in [0.25, 0.3) is 0 Å². The van der Waals surface area contributed by atoms with E-state index in [4.69, 9.17) is 5.11 Å². The number of thiophene rings is 1. The Morgan fingerprint density at radius 3 is 2.81 bits per heavy atom. The maximum atomic E-state index is 10.8. The highest BCUT2D eigenvalue weighted by Gasteiger charge is 2.18. The van der Waals surface area contributed by atoms with Crippen LogP contribution in [0.4, 0.5) is 11.5 Å². The number of rotatable bonds is 8. The van der Waals surface area contributed by atoms with Crippen molar-refractivity contribution in [1.29, 1.82) is 0 Å². The molecular weight excluding hydrogens is 354 g/mol. The van der Waals surface area contributed by atoms with Crippen molar-refractivity contribution in [3.05, 3.63) is 24.4 Å². The Bertz CT molecular complexity index is 905. The van der Waals surface area contributed by atoms with Crippen LogP contribution in [0.2, 0.25) is 0 Å². The first kappa shape index (κ1) is 18.2. The van der Waals surface area contributed by atoms with E-state index in [9.17, 15) is 9.90 Å². The number of hydrogen-bond donors (Lipinski definition) is 5. The molecule has 26 heavy (non-hydrogen) atoms. The van der Waals surface area contributed by atoms with E-state index in [0.29, 0.717) is 12.4 Å². The van der Waals surface area contributed by atoms with Crippen molar-refractivity contribution in [2.75, 3.05) is 30.3 Å². The van der Waals surface area contributed by atoms with Gasteiger partial charge in [0.1, 0.15) is 12.4 Å². The number of pyridine rings is 1. The van der Waals surface area contributed by atoms with Crippen LogP contribution in [-0.2, 0) is 4.79 Å². The number of H-pyrrole nitrogens is 1. The van der Waals surface area contributed by atoms with E-state index in [0.717, 1.165) is 26.5 Å². The predicted octanol–water partition coefficient (Wildman–Crippen LogP) is 2.61. The first-order chi connectivity index (χ1) is 12.4. The van der Waals surface area contributed by atoms with Crippen molar-refractivity contribution >= 4 is 39.0 Å². The number of aliphatic hydroxyl groups is 1. The lowest BCUT2D eigenvalue weighted by Crippen LogP contribution is -2.26. The quantitative estimate of drug-likeness (QED) is 0.410. The highest BCUT2D eigenvalue weighted by molar-refractivity contribution is 7.22. The van der Waals surface area contributed by atoms with Gasteiger partial charge in [0, 0.05) is 30.8 Å². The fourth-order valence-corrected chi connectivity index (χ4v) is 3.39. The summed E-state index contributed by atoms with van der Waals surface area (Å²) in [6, 6.07) is 5.63. The average Bonchev–Trinajstić information content (AvgIpc) is 3.26. The van der Waals surface area contributed by atoms with E-state index < -0.39 is 5.97 Å². The highest BCUT2D eigenvalue weighted by atomic mass is 32.1. The Morgan fingerprint density at radius 2 is 2.15 bits per heavy atom. The fraction of sp³-hybridized carbons (Fsp3) is 0.353. The second-order valence-electron chi connectivity index (χ2n) is 6.77. The predicted molar refractivity (Wildman–Crippen MR) is 103 cm³/mol. The van der Waals surface area contributed by atoms with E-state index in [2.05, 4.69) is 25.8 Å². The minimum absolute atomic E-state index is 0.0577. The van der Waals surface area contributed by atoms with Crippen LogP contribution in [0.15, 0.2) is 24.4 Å². The standard InChI is InChI=1S/C17H21N5O3S/c1-17(2,9-23)8-19-11-6-14(18-7-15(24)25)21-12-5-13(26-16(11)12)10-3-4-20-22-10/h3-6,23H,7-9H2,1-2H3,(H,20,22)(H,24,25)(H2,18,19,21). The number of nitrogens with one attached hydrogen (secondary N) is 3. The molecule has 0 aliphatic heterocycles. The summed E-state index contributed by atoms with van der Waals surface area (Å²) in [7, 11) is 0. The number of anilines is 2. The van der Waals surface area contributed by atoms with Gasteiger partial charge in [-0.25, -0.2) is 4.98 Å². The molecule has 0 unspecified atom stereocenters. The maximum Gasteiger partial charge on any atom is 0.322 e. The number of fused-ring (bicyclic) bond motifs is 1. The largest absolute Gasteiger partial charge is 0.480 e. The molecule has 0 radical (unpaired) electrons. The smallest absolute Gasteiger partial charge is 0.322 e. The molecular formula is C17H21N5O3S. The molecule has 0 fully saturated rings. The van der Waals surface area contributed by atoms with Crippen LogP contribution in [0, 0.1) is 5.41 Å². The third-order valence-electron chi connectivity index (χ3n) is 3.85.